The van der Waals surface area contributed by atoms with E-state index in [9.17, 15) is 0 Å². The molecule has 2 aliphatic rings. The van der Waals surface area contributed by atoms with Crippen molar-refractivity contribution in [3.63, 3.8) is 0 Å². The molecule has 4 rings (SSSR count). The normalized spacial score (nSPS) is 18.1. The van der Waals surface area contributed by atoms with Crippen LogP contribution in [0.4, 0.5) is 23.5 Å². The van der Waals surface area contributed by atoms with Gasteiger partial charge in [0.15, 0.2) is 5.75 Å². The molecule has 1 saturated heterocycles. The van der Waals surface area contributed by atoms with E-state index < -0.39 is 0 Å². The van der Waals surface area contributed by atoms with E-state index >= 15 is 0 Å². The minimum absolute atomic E-state index is 0.374. The van der Waals surface area contributed by atoms with Crippen LogP contribution in [0.3, 0.4) is 0 Å². The van der Waals surface area contributed by atoms with Crippen molar-refractivity contribution in [3.8, 4) is 11.5 Å². The van der Waals surface area contributed by atoms with Crippen molar-refractivity contribution in [3.05, 3.63) is 17.2 Å². The van der Waals surface area contributed by atoms with Gasteiger partial charge in [-0.15, -0.1) is 0 Å². The number of aromatic nitrogens is 3. The van der Waals surface area contributed by atoms with Crippen LogP contribution < -0.4 is 25.0 Å². The fourth-order valence-corrected chi connectivity index (χ4v) is 5.23. The summed E-state index contributed by atoms with van der Waals surface area (Å²) in [6.07, 6.45) is 9.49. The van der Waals surface area contributed by atoms with Crippen LogP contribution >= 0.6 is 11.6 Å². The number of piperidine rings is 1. The lowest BCUT2D eigenvalue weighted by atomic mass is 10.0. The lowest BCUT2D eigenvalue weighted by Crippen LogP contribution is -2.42. The zero-order valence-electron chi connectivity index (χ0n) is 21.3. The summed E-state index contributed by atoms with van der Waals surface area (Å²) >= 11 is 6.48. The van der Waals surface area contributed by atoms with Crippen molar-refractivity contribution in [1.29, 1.82) is 0 Å². The fourth-order valence-electron chi connectivity index (χ4n) is 4.91. The number of nitrogens with one attached hydrogen (secondary N) is 2. The number of rotatable bonds is 8. The van der Waals surface area contributed by atoms with E-state index in [0.717, 1.165) is 38.8 Å². The summed E-state index contributed by atoms with van der Waals surface area (Å²) in [6, 6.07) is 4.41. The summed E-state index contributed by atoms with van der Waals surface area (Å²) in [4.78, 5) is 18.9. The fraction of sp³-hybridized carbons (Fsp3) is 0.640. The van der Waals surface area contributed by atoms with Gasteiger partial charge in [0.05, 0.1) is 19.9 Å². The average molecular weight is 504 g/mol. The first kappa shape index (κ1) is 25.6. The Morgan fingerprint density at radius 3 is 2.29 bits per heavy atom. The second kappa shape index (κ2) is 11.9. The van der Waals surface area contributed by atoms with E-state index in [1.54, 1.807) is 20.3 Å². The number of ether oxygens (including phenoxy) is 2. The zero-order chi connectivity index (χ0) is 24.8. The van der Waals surface area contributed by atoms with Gasteiger partial charge in [-0.05, 0) is 58.0 Å². The molecule has 0 spiro atoms. The number of hydrogen-bond donors (Lipinski definition) is 2. The predicted molar refractivity (Wildman–Crippen MR) is 142 cm³/mol. The maximum Gasteiger partial charge on any atom is 0.233 e. The molecule has 192 valence electrons. The third kappa shape index (κ3) is 6.38. The molecule has 1 aliphatic carbocycles. The van der Waals surface area contributed by atoms with Crippen LogP contribution in [0.1, 0.15) is 51.4 Å². The van der Waals surface area contributed by atoms with Gasteiger partial charge in [0.1, 0.15) is 10.8 Å². The van der Waals surface area contributed by atoms with E-state index in [1.807, 2.05) is 6.07 Å². The second-order valence-corrected chi connectivity index (χ2v) is 9.93. The Morgan fingerprint density at radius 1 is 0.943 bits per heavy atom. The van der Waals surface area contributed by atoms with Gasteiger partial charge in [0.25, 0.3) is 0 Å². The summed E-state index contributed by atoms with van der Waals surface area (Å²) in [6.45, 7) is 2.14. The van der Waals surface area contributed by atoms with Crippen LogP contribution in [-0.4, -0.2) is 73.3 Å². The number of likely N-dealkylation sites (tertiary alicyclic amines) is 1. The summed E-state index contributed by atoms with van der Waals surface area (Å²) in [5, 5.41) is 7.30. The molecule has 0 atom stereocenters. The molecule has 0 amide bonds. The van der Waals surface area contributed by atoms with Gasteiger partial charge < -0.3 is 29.9 Å². The van der Waals surface area contributed by atoms with Gasteiger partial charge in [-0.2, -0.15) is 15.0 Å². The second-order valence-electron chi connectivity index (χ2n) is 9.55. The van der Waals surface area contributed by atoms with Gasteiger partial charge in [0.2, 0.25) is 17.8 Å². The Hall–Kier alpha value is -2.52. The highest BCUT2D eigenvalue weighted by molar-refractivity contribution is 6.34. The Bertz CT molecular complexity index is 977. The highest BCUT2D eigenvalue weighted by Crippen LogP contribution is 2.40. The SMILES string of the molecule is COc1ccc(Nc2nc(NC3CCCCCC3)nc(N(C)C3CCN(C)CC3)n2)c(OC)c1Cl. The zero-order valence-corrected chi connectivity index (χ0v) is 22.1. The molecule has 1 aromatic carbocycles. The quantitative estimate of drug-likeness (QED) is 0.485. The van der Waals surface area contributed by atoms with Crippen LogP contribution in [-0.2, 0) is 0 Å². The average Bonchev–Trinajstić information content (AvgIpc) is 3.13. The molecule has 10 heteroatoms. The van der Waals surface area contributed by atoms with E-state index in [2.05, 4.69) is 34.5 Å². The predicted octanol–water partition coefficient (Wildman–Crippen LogP) is 4.95. The molecule has 2 heterocycles. The molecular formula is C25H38ClN7O2. The Labute approximate surface area is 213 Å². The third-order valence-electron chi connectivity index (χ3n) is 7.10. The first-order chi connectivity index (χ1) is 17.0. The standard InChI is InChI=1S/C25H38ClN7O2/c1-32-15-13-18(14-16-32)33(2)25-30-23(27-17-9-7-5-6-8-10-17)29-24(31-25)28-19-11-12-20(34-3)21(26)22(19)35-4/h11-12,17-18H,5-10,13-16H2,1-4H3,(H2,27,28,29,30,31). The lowest BCUT2D eigenvalue weighted by molar-refractivity contribution is 0.252. The number of benzene rings is 1. The van der Waals surface area contributed by atoms with Gasteiger partial charge in [-0.3, -0.25) is 0 Å². The monoisotopic (exact) mass is 503 g/mol. The number of halogens is 1. The van der Waals surface area contributed by atoms with Gasteiger partial charge in [-0.25, -0.2) is 0 Å². The minimum atomic E-state index is 0.374. The van der Waals surface area contributed by atoms with E-state index in [-0.39, 0.29) is 0 Å². The van der Waals surface area contributed by atoms with Crippen LogP contribution in [0.25, 0.3) is 0 Å². The number of methoxy groups -OCH3 is 2. The molecule has 1 aromatic heterocycles. The van der Waals surface area contributed by atoms with E-state index in [0.29, 0.717) is 52.1 Å². The van der Waals surface area contributed by atoms with Crippen LogP contribution in [0.15, 0.2) is 12.1 Å². The Kier molecular flexibility index (Phi) is 8.73. The number of anilines is 4. The van der Waals surface area contributed by atoms with Crippen LogP contribution in [0.2, 0.25) is 5.02 Å². The molecule has 2 aromatic rings. The van der Waals surface area contributed by atoms with Gasteiger partial charge in [-0.1, -0.05) is 37.3 Å². The van der Waals surface area contributed by atoms with Crippen molar-refractivity contribution in [1.82, 2.24) is 19.9 Å². The maximum atomic E-state index is 6.48. The highest BCUT2D eigenvalue weighted by Gasteiger charge is 2.24. The summed E-state index contributed by atoms with van der Waals surface area (Å²) in [7, 11) is 7.41. The molecule has 35 heavy (non-hydrogen) atoms. The molecule has 1 aliphatic heterocycles. The van der Waals surface area contributed by atoms with E-state index in [1.165, 1.54) is 25.7 Å². The summed E-state index contributed by atoms with van der Waals surface area (Å²) < 4.78 is 10.9. The third-order valence-corrected chi connectivity index (χ3v) is 7.45. The van der Waals surface area contributed by atoms with Crippen molar-refractivity contribution >= 4 is 35.1 Å². The highest BCUT2D eigenvalue weighted by atomic mass is 35.5. The molecule has 0 unspecified atom stereocenters. The van der Waals surface area contributed by atoms with Crippen molar-refractivity contribution in [2.45, 2.75) is 63.5 Å². The van der Waals surface area contributed by atoms with E-state index in [4.69, 9.17) is 36.0 Å². The largest absolute Gasteiger partial charge is 0.495 e. The first-order valence-electron chi connectivity index (χ1n) is 12.6. The van der Waals surface area contributed by atoms with Crippen LogP contribution in [0.5, 0.6) is 11.5 Å². The van der Waals surface area contributed by atoms with Crippen molar-refractivity contribution < 1.29 is 9.47 Å². The van der Waals surface area contributed by atoms with Crippen molar-refractivity contribution in [2.24, 2.45) is 0 Å². The van der Waals surface area contributed by atoms with Crippen LogP contribution in [0, 0.1) is 0 Å². The number of nitrogens with zero attached hydrogens (tertiary/aromatic N) is 5. The minimum Gasteiger partial charge on any atom is -0.495 e. The summed E-state index contributed by atoms with van der Waals surface area (Å²) in [5.41, 5.74) is 0.665. The molecule has 0 bridgehead atoms. The smallest absolute Gasteiger partial charge is 0.233 e. The molecule has 2 fully saturated rings. The van der Waals surface area contributed by atoms with Crippen molar-refractivity contribution in [2.75, 3.05) is 56.9 Å². The Balaban J connectivity index is 1.63. The van der Waals surface area contributed by atoms with Gasteiger partial charge >= 0.3 is 0 Å². The molecular weight excluding hydrogens is 466 g/mol. The van der Waals surface area contributed by atoms with Gasteiger partial charge in [0, 0.05) is 19.1 Å². The summed E-state index contributed by atoms with van der Waals surface area (Å²) in [5.74, 6) is 2.73. The maximum absolute atomic E-state index is 6.48. The lowest BCUT2D eigenvalue weighted by Gasteiger charge is -2.35. The molecule has 1 saturated carbocycles. The first-order valence-corrected chi connectivity index (χ1v) is 13.0. The Morgan fingerprint density at radius 2 is 1.63 bits per heavy atom. The molecule has 2 N–H and O–H groups in total. The molecule has 9 nitrogen and oxygen atoms in total. The topological polar surface area (TPSA) is 87.7 Å². The number of hydrogen-bond acceptors (Lipinski definition) is 9. The molecule has 0 radical (unpaired) electrons.